The molecular weight excluding hydrogens is 287 g/mol. The molecule has 9 nitrogen and oxygen atoms in total. The van der Waals surface area contributed by atoms with E-state index in [1.165, 1.54) is 17.9 Å². The SMILES string of the molecule is Cn1c(=O)[nH]c(=O)c2c1ncn2CCCCO[P+](=O)O. The molecule has 10 heteroatoms. The Morgan fingerprint density at radius 3 is 2.90 bits per heavy atom. The van der Waals surface area contributed by atoms with Crippen molar-refractivity contribution in [2.45, 2.75) is 19.4 Å². The Morgan fingerprint density at radius 2 is 2.20 bits per heavy atom. The largest absolute Gasteiger partial charge is 0.694 e. The molecule has 0 spiro atoms. The number of aryl methyl sites for hydroxylation is 2. The third-order valence-corrected chi connectivity index (χ3v) is 3.27. The summed E-state index contributed by atoms with van der Waals surface area (Å²) in [6, 6.07) is 0. The van der Waals surface area contributed by atoms with E-state index in [9.17, 15) is 14.2 Å². The first-order valence-corrected chi connectivity index (χ1v) is 7.07. The lowest BCUT2D eigenvalue weighted by atomic mass is 10.3. The summed E-state index contributed by atoms with van der Waals surface area (Å²) in [7, 11) is -1.03. The molecule has 2 aromatic heterocycles. The molecule has 0 bridgehead atoms. The number of unbranched alkanes of at least 4 members (excludes halogenated alkanes) is 1. The number of nitrogens with zero attached hydrogens (tertiary/aromatic N) is 3. The first kappa shape index (κ1) is 14.6. The standard InChI is InChI=1S/C10H13N4O5P/c1-13-8-7(9(15)12-10(13)16)14(6-11-8)4-2-3-5-19-20(17)18/h6H,2-5H2,1H3,(H-,12,15,16,17,18)/p+1. The van der Waals surface area contributed by atoms with Crippen LogP contribution in [0.1, 0.15) is 12.8 Å². The van der Waals surface area contributed by atoms with Gasteiger partial charge in [-0.1, -0.05) is 0 Å². The van der Waals surface area contributed by atoms with Crippen LogP contribution in [0.2, 0.25) is 0 Å². The van der Waals surface area contributed by atoms with E-state index in [1.54, 1.807) is 4.57 Å². The van der Waals surface area contributed by atoms with E-state index < -0.39 is 19.5 Å². The first-order chi connectivity index (χ1) is 9.50. The molecule has 1 atom stereocenters. The maximum absolute atomic E-state index is 11.8. The van der Waals surface area contributed by atoms with E-state index in [-0.39, 0.29) is 6.61 Å². The highest BCUT2D eigenvalue weighted by Gasteiger charge is 2.12. The highest BCUT2D eigenvalue weighted by molar-refractivity contribution is 7.32. The van der Waals surface area contributed by atoms with Crippen LogP contribution in [0.3, 0.4) is 0 Å². The number of aromatic amines is 1. The molecule has 0 aliphatic heterocycles. The van der Waals surface area contributed by atoms with Crippen LogP contribution in [-0.4, -0.2) is 30.6 Å². The van der Waals surface area contributed by atoms with Gasteiger partial charge in [0.15, 0.2) is 11.2 Å². The summed E-state index contributed by atoms with van der Waals surface area (Å²) in [5.41, 5.74) is -0.321. The fourth-order valence-corrected chi connectivity index (χ4v) is 2.17. The first-order valence-electron chi connectivity index (χ1n) is 5.94. The van der Waals surface area contributed by atoms with Crippen LogP contribution in [0.25, 0.3) is 11.2 Å². The van der Waals surface area contributed by atoms with Crippen LogP contribution in [0.15, 0.2) is 15.9 Å². The maximum atomic E-state index is 11.8. The summed E-state index contributed by atoms with van der Waals surface area (Å²) < 4.78 is 17.8. The Kier molecular flexibility index (Phi) is 4.43. The zero-order valence-corrected chi connectivity index (χ0v) is 11.7. The van der Waals surface area contributed by atoms with Gasteiger partial charge in [0, 0.05) is 18.2 Å². The average Bonchev–Trinajstić information content (AvgIpc) is 2.80. The van der Waals surface area contributed by atoms with E-state index in [1.807, 2.05) is 0 Å². The summed E-state index contributed by atoms with van der Waals surface area (Å²) in [6.07, 6.45) is 2.72. The topological polar surface area (TPSA) is 119 Å². The Labute approximate surface area is 113 Å². The van der Waals surface area contributed by atoms with Crippen molar-refractivity contribution in [2.24, 2.45) is 7.05 Å². The van der Waals surface area contributed by atoms with Crippen molar-refractivity contribution in [3.63, 3.8) is 0 Å². The quantitative estimate of drug-likeness (QED) is 0.566. The zero-order valence-electron chi connectivity index (χ0n) is 10.8. The van der Waals surface area contributed by atoms with Gasteiger partial charge in [-0.15, -0.1) is 9.42 Å². The second-order valence-corrected chi connectivity index (χ2v) is 4.94. The summed E-state index contributed by atoms with van der Waals surface area (Å²) >= 11 is 0. The summed E-state index contributed by atoms with van der Waals surface area (Å²) in [5.74, 6) is 0. The van der Waals surface area contributed by atoms with Gasteiger partial charge in [-0.25, -0.2) is 9.78 Å². The molecule has 0 saturated heterocycles. The molecule has 2 N–H and O–H groups in total. The molecule has 0 saturated carbocycles. The predicted molar refractivity (Wildman–Crippen MR) is 70.6 cm³/mol. The number of hydrogen-bond donors (Lipinski definition) is 2. The molecule has 0 radical (unpaired) electrons. The molecule has 0 amide bonds. The van der Waals surface area contributed by atoms with E-state index in [0.29, 0.717) is 30.6 Å². The van der Waals surface area contributed by atoms with E-state index >= 15 is 0 Å². The molecule has 108 valence electrons. The van der Waals surface area contributed by atoms with Gasteiger partial charge in [-0.2, -0.15) is 0 Å². The number of aromatic nitrogens is 4. The highest BCUT2D eigenvalue weighted by Crippen LogP contribution is 2.15. The second-order valence-electron chi connectivity index (χ2n) is 4.21. The van der Waals surface area contributed by atoms with Crippen LogP contribution in [-0.2, 0) is 22.7 Å². The molecular formula is C10H14N4O5P+. The lowest BCUT2D eigenvalue weighted by molar-refractivity contribution is 0.273. The van der Waals surface area contributed by atoms with Crippen LogP contribution < -0.4 is 11.2 Å². The van der Waals surface area contributed by atoms with Gasteiger partial charge in [-0.05, 0) is 12.8 Å². The number of fused-ring (bicyclic) bond motifs is 1. The fourth-order valence-electron chi connectivity index (χ4n) is 1.88. The van der Waals surface area contributed by atoms with Gasteiger partial charge < -0.3 is 4.57 Å². The molecule has 2 heterocycles. The average molecular weight is 301 g/mol. The van der Waals surface area contributed by atoms with Crippen molar-refractivity contribution in [1.82, 2.24) is 19.1 Å². The minimum absolute atomic E-state index is 0.174. The molecule has 0 aliphatic carbocycles. The van der Waals surface area contributed by atoms with E-state index in [4.69, 9.17) is 4.89 Å². The lowest BCUT2D eigenvalue weighted by Gasteiger charge is -2.03. The van der Waals surface area contributed by atoms with Gasteiger partial charge >= 0.3 is 13.9 Å². The number of H-pyrrole nitrogens is 1. The van der Waals surface area contributed by atoms with Crippen LogP contribution in [0.5, 0.6) is 0 Å². The van der Waals surface area contributed by atoms with Crippen LogP contribution in [0, 0.1) is 0 Å². The maximum Gasteiger partial charge on any atom is 0.694 e. The van der Waals surface area contributed by atoms with E-state index in [2.05, 4.69) is 14.5 Å². The fraction of sp³-hybridized carbons (Fsp3) is 0.500. The number of rotatable bonds is 6. The van der Waals surface area contributed by atoms with Crippen LogP contribution >= 0.6 is 8.25 Å². The summed E-state index contributed by atoms with van der Waals surface area (Å²) in [4.78, 5) is 37.9. The molecule has 0 fully saturated rings. The molecule has 2 rings (SSSR count). The molecule has 0 aliphatic rings. The lowest BCUT2D eigenvalue weighted by Crippen LogP contribution is -2.29. The third-order valence-electron chi connectivity index (χ3n) is 2.87. The Hall–Kier alpha value is -1.83. The van der Waals surface area contributed by atoms with Gasteiger partial charge in [0.2, 0.25) is 0 Å². The predicted octanol–water partition coefficient (Wildman–Crippen LogP) is -0.130. The Morgan fingerprint density at radius 1 is 1.45 bits per heavy atom. The Bertz CT molecular complexity index is 746. The van der Waals surface area contributed by atoms with Crippen molar-refractivity contribution in [3.05, 3.63) is 27.2 Å². The minimum atomic E-state index is -2.57. The van der Waals surface area contributed by atoms with Crippen molar-refractivity contribution < 1.29 is 14.0 Å². The van der Waals surface area contributed by atoms with E-state index in [0.717, 1.165) is 0 Å². The third kappa shape index (κ3) is 3.01. The number of nitrogens with one attached hydrogen (secondary N) is 1. The molecule has 0 aromatic carbocycles. The van der Waals surface area contributed by atoms with Crippen molar-refractivity contribution in [3.8, 4) is 0 Å². The summed E-state index contributed by atoms with van der Waals surface area (Å²) in [5, 5.41) is 0. The minimum Gasteiger partial charge on any atom is -0.325 e. The van der Waals surface area contributed by atoms with Crippen molar-refractivity contribution >= 4 is 19.4 Å². The normalized spacial score (nSPS) is 12.0. The smallest absolute Gasteiger partial charge is 0.325 e. The summed E-state index contributed by atoms with van der Waals surface area (Å²) in [6.45, 7) is 0.677. The number of hydrogen-bond acceptors (Lipinski definition) is 5. The van der Waals surface area contributed by atoms with Crippen molar-refractivity contribution in [2.75, 3.05) is 6.61 Å². The van der Waals surface area contributed by atoms with Crippen molar-refractivity contribution in [1.29, 1.82) is 0 Å². The highest BCUT2D eigenvalue weighted by atomic mass is 31.1. The zero-order chi connectivity index (χ0) is 14.7. The molecule has 2 aromatic rings. The number of imidazole rings is 1. The van der Waals surface area contributed by atoms with Gasteiger partial charge in [0.25, 0.3) is 5.56 Å². The molecule has 1 unspecified atom stereocenters. The van der Waals surface area contributed by atoms with Gasteiger partial charge in [-0.3, -0.25) is 14.3 Å². The molecule has 20 heavy (non-hydrogen) atoms. The van der Waals surface area contributed by atoms with Gasteiger partial charge in [0.05, 0.1) is 6.33 Å². The van der Waals surface area contributed by atoms with Crippen LogP contribution in [0.4, 0.5) is 0 Å². The monoisotopic (exact) mass is 301 g/mol. The van der Waals surface area contributed by atoms with Gasteiger partial charge in [0.1, 0.15) is 6.61 Å². The second kappa shape index (κ2) is 6.08. The Balaban J connectivity index is 2.12.